The second-order valence-electron chi connectivity index (χ2n) is 3.36. The number of benzene rings is 1. The topological polar surface area (TPSA) is 17.1 Å². The Hall–Kier alpha value is -0.670. The van der Waals surface area contributed by atoms with Crippen molar-refractivity contribution in [2.24, 2.45) is 0 Å². The van der Waals surface area contributed by atoms with Gasteiger partial charge in [-0.15, -0.1) is 11.3 Å². The van der Waals surface area contributed by atoms with Crippen molar-refractivity contribution < 1.29 is 4.79 Å². The number of fused-ring (bicyclic) bond motifs is 1. The van der Waals surface area contributed by atoms with Crippen molar-refractivity contribution in [3.8, 4) is 0 Å². The number of hydrogen-bond donors (Lipinski definition) is 0. The maximum atomic E-state index is 11.9. The highest BCUT2D eigenvalue weighted by molar-refractivity contribution is 9.09. The number of carbonyl (C=O) groups excluding carboxylic acids is 1. The summed E-state index contributed by atoms with van der Waals surface area (Å²) in [5.41, 5.74) is 0.886. The molecule has 1 nitrogen and oxygen atoms in total. The Morgan fingerprint density at radius 3 is 2.93 bits per heavy atom. The molecule has 0 saturated heterocycles. The number of Topliss-reactive ketones (excluding diaryl/α,β-unsaturated/α-hetero) is 1. The molecule has 0 amide bonds. The molecule has 0 N–H and O–H groups in total. The minimum Gasteiger partial charge on any atom is -0.294 e. The minimum absolute atomic E-state index is 0.256. The Morgan fingerprint density at radius 1 is 1.33 bits per heavy atom. The number of hydrogen-bond acceptors (Lipinski definition) is 2. The molecule has 0 spiro atoms. The highest BCUT2D eigenvalue weighted by atomic mass is 79.9. The molecule has 1 aromatic carbocycles. The third-order valence-electron chi connectivity index (χ3n) is 2.32. The van der Waals surface area contributed by atoms with E-state index in [4.69, 9.17) is 0 Å². The Morgan fingerprint density at radius 2 is 2.13 bits per heavy atom. The zero-order valence-electron chi connectivity index (χ0n) is 8.20. The first kappa shape index (κ1) is 10.8. The van der Waals surface area contributed by atoms with Gasteiger partial charge in [0, 0.05) is 32.8 Å². The molecule has 2 aromatic rings. The Kier molecular flexibility index (Phi) is 3.54. The van der Waals surface area contributed by atoms with Crippen LogP contribution >= 0.6 is 27.3 Å². The van der Waals surface area contributed by atoms with Crippen LogP contribution in [0.15, 0.2) is 29.6 Å². The number of carbonyl (C=O) groups is 1. The van der Waals surface area contributed by atoms with Crippen molar-refractivity contribution >= 4 is 43.1 Å². The number of rotatable bonds is 4. The molecular weight excluding hydrogens is 272 g/mol. The maximum Gasteiger partial charge on any atom is 0.164 e. The fraction of sp³-hybridized carbons (Fsp3) is 0.250. The number of halogens is 1. The maximum absolute atomic E-state index is 11.9. The molecule has 0 aliphatic heterocycles. The lowest BCUT2D eigenvalue weighted by molar-refractivity contribution is 0.0984. The van der Waals surface area contributed by atoms with E-state index in [0.29, 0.717) is 6.42 Å². The molecule has 1 aromatic heterocycles. The Labute approximate surface area is 101 Å². The molecule has 0 radical (unpaired) electrons. The molecule has 15 heavy (non-hydrogen) atoms. The Bertz CT molecular complexity index is 475. The van der Waals surface area contributed by atoms with Crippen molar-refractivity contribution in [2.45, 2.75) is 12.8 Å². The summed E-state index contributed by atoms with van der Waals surface area (Å²) >= 11 is 4.98. The van der Waals surface area contributed by atoms with Crippen LogP contribution in [0.4, 0.5) is 0 Å². The summed E-state index contributed by atoms with van der Waals surface area (Å²) in [4.78, 5) is 11.9. The lowest BCUT2D eigenvalue weighted by atomic mass is 10.1. The predicted octanol–water partition coefficient (Wildman–Crippen LogP) is 4.26. The second kappa shape index (κ2) is 4.90. The van der Waals surface area contributed by atoms with E-state index in [0.717, 1.165) is 22.7 Å². The third-order valence-corrected chi connectivity index (χ3v) is 3.84. The molecule has 0 bridgehead atoms. The van der Waals surface area contributed by atoms with Gasteiger partial charge in [0.15, 0.2) is 5.78 Å². The van der Waals surface area contributed by atoms with E-state index in [-0.39, 0.29) is 5.78 Å². The number of alkyl halides is 1. The fourth-order valence-corrected chi connectivity index (χ4v) is 2.80. The van der Waals surface area contributed by atoms with Crippen LogP contribution in [-0.4, -0.2) is 11.1 Å². The van der Waals surface area contributed by atoms with Gasteiger partial charge in [-0.25, -0.2) is 0 Å². The average Bonchev–Trinajstić information content (AvgIpc) is 2.69. The van der Waals surface area contributed by atoms with Crippen molar-refractivity contribution in [1.29, 1.82) is 0 Å². The van der Waals surface area contributed by atoms with Crippen molar-refractivity contribution in [2.75, 3.05) is 5.33 Å². The van der Waals surface area contributed by atoms with Gasteiger partial charge in [-0.05, 0) is 12.5 Å². The normalized spacial score (nSPS) is 10.7. The van der Waals surface area contributed by atoms with Gasteiger partial charge < -0.3 is 0 Å². The van der Waals surface area contributed by atoms with E-state index < -0.39 is 0 Å². The molecule has 0 saturated carbocycles. The van der Waals surface area contributed by atoms with Crippen LogP contribution in [0.5, 0.6) is 0 Å². The van der Waals surface area contributed by atoms with Crippen LogP contribution in [0, 0.1) is 0 Å². The van der Waals surface area contributed by atoms with Crippen LogP contribution in [0.25, 0.3) is 10.1 Å². The number of thiophene rings is 1. The smallest absolute Gasteiger partial charge is 0.164 e. The summed E-state index contributed by atoms with van der Waals surface area (Å²) in [5, 5.41) is 3.96. The van der Waals surface area contributed by atoms with E-state index in [2.05, 4.69) is 22.0 Å². The zero-order chi connectivity index (χ0) is 10.7. The zero-order valence-corrected chi connectivity index (χ0v) is 10.6. The summed E-state index contributed by atoms with van der Waals surface area (Å²) in [6.07, 6.45) is 1.54. The van der Waals surface area contributed by atoms with Crippen LogP contribution in [0.3, 0.4) is 0 Å². The van der Waals surface area contributed by atoms with Crippen molar-refractivity contribution in [3.63, 3.8) is 0 Å². The third kappa shape index (κ3) is 2.29. The first-order valence-electron chi connectivity index (χ1n) is 4.88. The first-order chi connectivity index (χ1) is 7.33. The van der Waals surface area contributed by atoms with Gasteiger partial charge in [-0.1, -0.05) is 34.1 Å². The van der Waals surface area contributed by atoms with Crippen molar-refractivity contribution in [1.82, 2.24) is 0 Å². The molecule has 1 heterocycles. The quantitative estimate of drug-likeness (QED) is 0.605. The summed E-state index contributed by atoms with van der Waals surface area (Å²) in [6, 6.07) is 8.07. The minimum atomic E-state index is 0.256. The summed E-state index contributed by atoms with van der Waals surface area (Å²) in [5.74, 6) is 0.256. The molecule has 0 aliphatic rings. The highest BCUT2D eigenvalue weighted by Gasteiger charge is 2.10. The van der Waals surface area contributed by atoms with Crippen LogP contribution in [0.1, 0.15) is 23.2 Å². The highest BCUT2D eigenvalue weighted by Crippen LogP contribution is 2.26. The molecule has 0 aliphatic carbocycles. The van der Waals surface area contributed by atoms with Gasteiger partial charge in [0.2, 0.25) is 0 Å². The summed E-state index contributed by atoms with van der Waals surface area (Å²) < 4.78 is 1.19. The first-order valence-corrected chi connectivity index (χ1v) is 6.88. The predicted molar refractivity (Wildman–Crippen MR) is 69.2 cm³/mol. The molecule has 0 fully saturated rings. The molecule has 0 unspecified atom stereocenters. The summed E-state index contributed by atoms with van der Waals surface area (Å²) in [6.45, 7) is 0. The van der Waals surface area contributed by atoms with E-state index in [1.54, 1.807) is 11.3 Å². The monoisotopic (exact) mass is 282 g/mol. The second-order valence-corrected chi connectivity index (χ2v) is 5.07. The number of ketones is 1. The van der Waals surface area contributed by atoms with Crippen molar-refractivity contribution in [3.05, 3.63) is 35.2 Å². The van der Waals surface area contributed by atoms with Gasteiger partial charge in [0.1, 0.15) is 0 Å². The fourth-order valence-electron chi connectivity index (χ4n) is 1.56. The van der Waals surface area contributed by atoms with Gasteiger partial charge in [-0.2, -0.15) is 0 Å². The van der Waals surface area contributed by atoms with E-state index in [9.17, 15) is 4.79 Å². The molecule has 78 valence electrons. The molecule has 3 heteroatoms. The lowest BCUT2D eigenvalue weighted by Crippen LogP contribution is -1.97. The van der Waals surface area contributed by atoms with E-state index in [1.165, 1.54) is 4.70 Å². The standard InChI is InChI=1S/C12H11BrOS/c13-7-3-5-11(14)10-8-15-12-6-2-1-4-9(10)12/h1-2,4,6,8H,3,5,7H2. The average molecular weight is 283 g/mol. The molecule has 0 atom stereocenters. The molecular formula is C12H11BrOS. The van der Waals surface area contributed by atoms with Gasteiger partial charge in [0.25, 0.3) is 0 Å². The van der Waals surface area contributed by atoms with Gasteiger partial charge >= 0.3 is 0 Å². The van der Waals surface area contributed by atoms with E-state index >= 15 is 0 Å². The summed E-state index contributed by atoms with van der Waals surface area (Å²) in [7, 11) is 0. The van der Waals surface area contributed by atoms with Gasteiger partial charge in [0.05, 0.1) is 0 Å². The molecule has 2 rings (SSSR count). The van der Waals surface area contributed by atoms with Crippen LogP contribution < -0.4 is 0 Å². The van der Waals surface area contributed by atoms with Crippen LogP contribution in [0.2, 0.25) is 0 Å². The largest absolute Gasteiger partial charge is 0.294 e. The van der Waals surface area contributed by atoms with Gasteiger partial charge in [-0.3, -0.25) is 4.79 Å². The lowest BCUT2D eigenvalue weighted by Gasteiger charge is -1.97. The van der Waals surface area contributed by atoms with Crippen LogP contribution in [-0.2, 0) is 0 Å². The Balaban J connectivity index is 2.31. The SMILES string of the molecule is O=C(CCCBr)c1csc2ccccc12. The van der Waals surface area contributed by atoms with E-state index in [1.807, 2.05) is 23.6 Å².